The molecule has 0 amide bonds. The minimum atomic E-state index is 0.786. The van der Waals surface area contributed by atoms with E-state index in [0.717, 1.165) is 39.1 Å². The van der Waals surface area contributed by atoms with Crippen LogP contribution in [0, 0.1) is 0 Å². The molecule has 3 heteroatoms. The predicted molar refractivity (Wildman–Crippen MR) is 167 cm³/mol. The number of pyridine rings is 1. The lowest BCUT2D eigenvalue weighted by Gasteiger charge is -2.24. The Kier molecular flexibility index (Phi) is 5.14. The van der Waals surface area contributed by atoms with Crippen molar-refractivity contribution < 1.29 is 4.42 Å². The molecule has 0 radical (unpaired) electrons. The third-order valence-electron chi connectivity index (χ3n) is 7.66. The molecule has 0 aliphatic heterocycles. The van der Waals surface area contributed by atoms with Crippen molar-refractivity contribution in [1.82, 2.24) is 4.98 Å². The molecule has 40 heavy (non-hydrogen) atoms. The van der Waals surface area contributed by atoms with Gasteiger partial charge in [-0.3, -0.25) is 4.90 Å². The number of para-hydroxylation sites is 1. The quantitative estimate of drug-likeness (QED) is 0.235. The fourth-order valence-corrected chi connectivity index (χ4v) is 5.64. The van der Waals surface area contributed by atoms with Crippen molar-refractivity contribution in [3.8, 4) is 11.1 Å². The Morgan fingerprint density at radius 1 is 0.450 bits per heavy atom. The van der Waals surface area contributed by atoms with Crippen LogP contribution in [0.4, 0.5) is 17.2 Å². The van der Waals surface area contributed by atoms with E-state index in [1.54, 1.807) is 0 Å². The van der Waals surface area contributed by atoms with Crippen LogP contribution in [-0.2, 0) is 0 Å². The normalized spacial score (nSPS) is 11.5. The maximum Gasteiger partial charge on any atom is 0.153 e. The number of anilines is 3. The zero-order valence-electron chi connectivity index (χ0n) is 21.7. The zero-order chi connectivity index (χ0) is 26.5. The molecule has 8 aromatic rings. The van der Waals surface area contributed by atoms with Gasteiger partial charge < -0.3 is 4.42 Å². The van der Waals surface area contributed by atoms with Crippen LogP contribution < -0.4 is 4.90 Å². The van der Waals surface area contributed by atoms with Crippen LogP contribution in [0.15, 0.2) is 150 Å². The third kappa shape index (κ3) is 3.79. The first kappa shape index (κ1) is 22.6. The van der Waals surface area contributed by atoms with Gasteiger partial charge in [0.1, 0.15) is 11.4 Å². The summed E-state index contributed by atoms with van der Waals surface area (Å²) in [5, 5.41) is 7.00. The molecule has 0 atom stereocenters. The Morgan fingerprint density at radius 3 is 1.82 bits per heavy atom. The summed E-state index contributed by atoms with van der Waals surface area (Å²) >= 11 is 0. The van der Waals surface area contributed by atoms with Crippen LogP contribution in [0.1, 0.15) is 0 Å². The molecule has 8 rings (SSSR count). The highest BCUT2D eigenvalue weighted by molar-refractivity contribution is 6.10. The van der Waals surface area contributed by atoms with Gasteiger partial charge in [-0.05, 0) is 81.2 Å². The van der Waals surface area contributed by atoms with E-state index in [4.69, 9.17) is 9.40 Å². The molecule has 0 N–H and O–H groups in total. The average molecular weight is 513 g/mol. The molecule has 0 fully saturated rings. The van der Waals surface area contributed by atoms with Gasteiger partial charge in [-0.1, -0.05) is 91.0 Å². The molecule has 0 saturated heterocycles. The van der Waals surface area contributed by atoms with E-state index in [0.29, 0.717) is 0 Å². The average Bonchev–Trinajstić information content (AvgIpc) is 3.37. The highest BCUT2D eigenvalue weighted by Gasteiger charge is 2.17. The van der Waals surface area contributed by atoms with Crippen molar-refractivity contribution in [2.24, 2.45) is 0 Å². The summed E-state index contributed by atoms with van der Waals surface area (Å²) in [6, 6.07) is 49.1. The SMILES string of the molecule is c1ccc(N(c2ccc(-c3ccc4ccccc4c3)cc2)c2cc3c(cn2)oc2cc4ccccc4cc23)cc1. The van der Waals surface area contributed by atoms with E-state index in [1.807, 2.05) is 12.3 Å². The Balaban J connectivity index is 1.25. The summed E-state index contributed by atoms with van der Waals surface area (Å²) in [5.74, 6) is 0.841. The third-order valence-corrected chi connectivity index (χ3v) is 7.66. The van der Waals surface area contributed by atoms with Crippen molar-refractivity contribution in [3.05, 3.63) is 146 Å². The number of furan rings is 1. The first-order valence-electron chi connectivity index (χ1n) is 13.5. The molecule has 0 saturated carbocycles. The second kappa shape index (κ2) is 9.11. The first-order valence-corrected chi connectivity index (χ1v) is 13.5. The maximum absolute atomic E-state index is 6.22. The van der Waals surface area contributed by atoms with Crippen molar-refractivity contribution in [2.45, 2.75) is 0 Å². The minimum absolute atomic E-state index is 0.786. The Hall–Kier alpha value is -5.41. The molecule has 2 aromatic heterocycles. The van der Waals surface area contributed by atoms with E-state index in [-0.39, 0.29) is 0 Å². The summed E-state index contributed by atoms with van der Waals surface area (Å²) < 4.78 is 6.22. The number of fused-ring (bicyclic) bond motifs is 5. The number of benzene rings is 6. The van der Waals surface area contributed by atoms with Crippen LogP contribution in [0.25, 0.3) is 54.6 Å². The molecule has 0 aliphatic carbocycles. The van der Waals surface area contributed by atoms with Crippen LogP contribution in [0.5, 0.6) is 0 Å². The second-order valence-electron chi connectivity index (χ2n) is 10.1. The number of hydrogen-bond donors (Lipinski definition) is 0. The van der Waals surface area contributed by atoms with Gasteiger partial charge in [0.15, 0.2) is 5.58 Å². The summed E-state index contributed by atoms with van der Waals surface area (Å²) in [4.78, 5) is 7.07. The van der Waals surface area contributed by atoms with Gasteiger partial charge in [0, 0.05) is 22.1 Å². The number of nitrogens with zero attached hydrogens (tertiary/aromatic N) is 2. The maximum atomic E-state index is 6.22. The molecule has 3 nitrogen and oxygen atoms in total. The lowest BCUT2D eigenvalue weighted by Crippen LogP contribution is -2.11. The monoisotopic (exact) mass is 512 g/mol. The first-order chi connectivity index (χ1) is 19.8. The van der Waals surface area contributed by atoms with Crippen LogP contribution in [0.2, 0.25) is 0 Å². The summed E-state index contributed by atoms with van der Waals surface area (Å²) in [6.45, 7) is 0. The fourth-order valence-electron chi connectivity index (χ4n) is 5.64. The van der Waals surface area contributed by atoms with Crippen molar-refractivity contribution >= 4 is 60.7 Å². The van der Waals surface area contributed by atoms with E-state index < -0.39 is 0 Å². The van der Waals surface area contributed by atoms with E-state index in [9.17, 15) is 0 Å². The van der Waals surface area contributed by atoms with E-state index >= 15 is 0 Å². The van der Waals surface area contributed by atoms with Gasteiger partial charge >= 0.3 is 0 Å². The van der Waals surface area contributed by atoms with Gasteiger partial charge in [0.2, 0.25) is 0 Å². The Labute approximate surface area is 231 Å². The summed E-state index contributed by atoms with van der Waals surface area (Å²) in [7, 11) is 0. The van der Waals surface area contributed by atoms with Crippen molar-refractivity contribution in [3.63, 3.8) is 0 Å². The second-order valence-corrected chi connectivity index (χ2v) is 10.1. The van der Waals surface area contributed by atoms with Crippen molar-refractivity contribution in [1.29, 1.82) is 0 Å². The largest absolute Gasteiger partial charge is 0.454 e. The Morgan fingerprint density at radius 2 is 1.05 bits per heavy atom. The van der Waals surface area contributed by atoms with Gasteiger partial charge in [-0.2, -0.15) is 0 Å². The highest BCUT2D eigenvalue weighted by Crippen LogP contribution is 2.38. The smallest absolute Gasteiger partial charge is 0.153 e. The summed E-state index contributed by atoms with van der Waals surface area (Å²) in [6.07, 6.45) is 1.84. The molecule has 0 bridgehead atoms. The highest BCUT2D eigenvalue weighted by atomic mass is 16.3. The molecular formula is C37H24N2O. The van der Waals surface area contributed by atoms with Gasteiger partial charge in [-0.25, -0.2) is 4.98 Å². The van der Waals surface area contributed by atoms with E-state index in [1.165, 1.54) is 32.7 Å². The molecule has 6 aromatic carbocycles. The van der Waals surface area contributed by atoms with Crippen LogP contribution in [0.3, 0.4) is 0 Å². The molecule has 0 aliphatic rings. The molecule has 0 unspecified atom stereocenters. The Bertz CT molecular complexity index is 2160. The molecule has 2 heterocycles. The molecule has 188 valence electrons. The lowest BCUT2D eigenvalue weighted by molar-refractivity contribution is 0.667. The molecule has 0 spiro atoms. The van der Waals surface area contributed by atoms with Crippen LogP contribution >= 0.6 is 0 Å². The minimum Gasteiger partial charge on any atom is -0.454 e. The van der Waals surface area contributed by atoms with E-state index in [2.05, 4.69) is 138 Å². The predicted octanol–water partition coefficient (Wildman–Crippen LogP) is 10.4. The number of aromatic nitrogens is 1. The van der Waals surface area contributed by atoms with Gasteiger partial charge in [-0.15, -0.1) is 0 Å². The van der Waals surface area contributed by atoms with Crippen molar-refractivity contribution in [2.75, 3.05) is 4.90 Å². The van der Waals surface area contributed by atoms with Crippen LogP contribution in [-0.4, -0.2) is 4.98 Å². The summed E-state index contributed by atoms with van der Waals surface area (Å²) in [5.41, 5.74) is 6.13. The standard InChI is InChI=1S/C37H24N2O/c1-2-12-31(13-3-1)39(32-18-16-26(17-19-32)30-15-14-25-8-4-5-9-27(25)20-30)37-23-34-33-21-28-10-6-7-11-29(28)22-35(33)40-36(34)24-38-37/h1-24H. The topological polar surface area (TPSA) is 29.3 Å². The van der Waals surface area contributed by atoms with Gasteiger partial charge in [0.25, 0.3) is 0 Å². The zero-order valence-corrected chi connectivity index (χ0v) is 21.7. The number of hydrogen-bond acceptors (Lipinski definition) is 3. The number of rotatable bonds is 4. The van der Waals surface area contributed by atoms with Gasteiger partial charge in [0.05, 0.1) is 6.20 Å². The fraction of sp³-hybridized carbons (Fsp3) is 0. The lowest BCUT2D eigenvalue weighted by atomic mass is 10.0. The molecular weight excluding hydrogens is 488 g/mol.